The van der Waals surface area contributed by atoms with E-state index in [1.807, 2.05) is 47.0 Å². The van der Waals surface area contributed by atoms with Crippen molar-refractivity contribution in [2.75, 3.05) is 24.2 Å². The van der Waals surface area contributed by atoms with E-state index < -0.39 is 0 Å². The summed E-state index contributed by atoms with van der Waals surface area (Å²) in [7, 11) is 0. The van der Waals surface area contributed by atoms with Gasteiger partial charge in [0.25, 0.3) is 0 Å². The number of amides is 2. The van der Waals surface area contributed by atoms with Gasteiger partial charge in [-0.2, -0.15) is 11.8 Å². The van der Waals surface area contributed by atoms with Gasteiger partial charge in [-0.25, -0.2) is 0 Å². The summed E-state index contributed by atoms with van der Waals surface area (Å²) >= 11 is 1.96. The predicted octanol–water partition coefficient (Wildman–Crippen LogP) is 3.26. The molecule has 1 atom stereocenters. The number of hydrogen-bond acceptors (Lipinski definition) is 3. The second-order valence-corrected chi connectivity index (χ2v) is 7.42. The highest BCUT2D eigenvalue weighted by Crippen LogP contribution is 2.25. The van der Waals surface area contributed by atoms with Crippen molar-refractivity contribution in [1.29, 1.82) is 0 Å². The Kier molecular flexibility index (Phi) is 6.28. The van der Waals surface area contributed by atoms with E-state index in [0.29, 0.717) is 11.2 Å². The standard InChI is InChI=1S/C18H24N2O2S/c1-13(2)17-12-20(10-11-23-17)18(22)9-6-15-4-7-16(8-5-15)19-14(3)21/h4-9,13,17H,10-12H2,1-3H3,(H,19,21)/b9-6+. The molecular formula is C18H24N2O2S. The first-order valence-corrected chi connectivity index (χ1v) is 8.97. The summed E-state index contributed by atoms with van der Waals surface area (Å²) in [6, 6.07) is 7.44. The van der Waals surface area contributed by atoms with Crippen LogP contribution in [-0.4, -0.2) is 40.8 Å². The van der Waals surface area contributed by atoms with Crippen LogP contribution in [0.25, 0.3) is 6.08 Å². The van der Waals surface area contributed by atoms with E-state index in [0.717, 1.165) is 30.1 Å². The van der Waals surface area contributed by atoms with Gasteiger partial charge in [-0.05, 0) is 29.7 Å². The number of benzene rings is 1. The second kappa shape index (κ2) is 8.20. The number of anilines is 1. The minimum Gasteiger partial charge on any atom is -0.337 e. The highest BCUT2D eigenvalue weighted by molar-refractivity contribution is 8.00. The summed E-state index contributed by atoms with van der Waals surface area (Å²) in [5, 5.41) is 3.25. The quantitative estimate of drug-likeness (QED) is 0.861. The average molecular weight is 332 g/mol. The first kappa shape index (κ1) is 17.6. The summed E-state index contributed by atoms with van der Waals surface area (Å²) in [4.78, 5) is 25.2. The van der Waals surface area contributed by atoms with Gasteiger partial charge >= 0.3 is 0 Å². The molecule has 1 fully saturated rings. The van der Waals surface area contributed by atoms with E-state index in [4.69, 9.17) is 0 Å². The molecule has 1 aliphatic heterocycles. The van der Waals surface area contributed by atoms with Crippen LogP contribution in [0.15, 0.2) is 30.3 Å². The van der Waals surface area contributed by atoms with Crippen molar-refractivity contribution >= 4 is 35.3 Å². The molecule has 23 heavy (non-hydrogen) atoms. The number of hydrogen-bond donors (Lipinski definition) is 1. The molecule has 124 valence electrons. The molecule has 0 radical (unpaired) electrons. The largest absolute Gasteiger partial charge is 0.337 e. The summed E-state index contributed by atoms with van der Waals surface area (Å²) in [5.74, 6) is 1.57. The number of carbonyl (C=O) groups excluding carboxylic acids is 2. The van der Waals surface area contributed by atoms with Crippen LogP contribution in [0.2, 0.25) is 0 Å². The normalized spacial score (nSPS) is 18.4. The third-order valence-electron chi connectivity index (χ3n) is 3.80. The van der Waals surface area contributed by atoms with E-state index in [1.165, 1.54) is 6.92 Å². The fourth-order valence-electron chi connectivity index (χ4n) is 2.43. The molecule has 2 amide bonds. The lowest BCUT2D eigenvalue weighted by molar-refractivity contribution is -0.126. The van der Waals surface area contributed by atoms with Crippen molar-refractivity contribution < 1.29 is 9.59 Å². The van der Waals surface area contributed by atoms with E-state index in [-0.39, 0.29) is 11.8 Å². The Morgan fingerprint density at radius 3 is 2.61 bits per heavy atom. The smallest absolute Gasteiger partial charge is 0.246 e. The Morgan fingerprint density at radius 1 is 1.30 bits per heavy atom. The zero-order valence-corrected chi connectivity index (χ0v) is 14.7. The maximum Gasteiger partial charge on any atom is 0.246 e. The summed E-state index contributed by atoms with van der Waals surface area (Å²) in [5.41, 5.74) is 1.70. The van der Waals surface area contributed by atoms with E-state index >= 15 is 0 Å². The predicted molar refractivity (Wildman–Crippen MR) is 97.4 cm³/mol. The highest BCUT2D eigenvalue weighted by atomic mass is 32.2. The van der Waals surface area contributed by atoms with Crippen LogP contribution < -0.4 is 5.32 Å². The highest BCUT2D eigenvalue weighted by Gasteiger charge is 2.24. The van der Waals surface area contributed by atoms with Crippen molar-refractivity contribution in [2.24, 2.45) is 5.92 Å². The first-order chi connectivity index (χ1) is 11.0. The SMILES string of the molecule is CC(=O)Nc1ccc(/C=C/C(=O)N2CCSC(C(C)C)C2)cc1. The summed E-state index contributed by atoms with van der Waals surface area (Å²) < 4.78 is 0. The molecule has 0 bridgehead atoms. The molecule has 0 saturated carbocycles. The molecule has 0 spiro atoms. The monoisotopic (exact) mass is 332 g/mol. The lowest BCUT2D eigenvalue weighted by atomic mass is 10.1. The van der Waals surface area contributed by atoms with Crippen LogP contribution in [0.3, 0.4) is 0 Å². The third kappa shape index (κ3) is 5.43. The molecule has 1 aliphatic rings. The zero-order valence-electron chi connectivity index (χ0n) is 13.9. The van der Waals surface area contributed by atoms with Crippen LogP contribution in [0.5, 0.6) is 0 Å². The molecule has 1 aromatic carbocycles. The molecule has 1 unspecified atom stereocenters. The third-order valence-corrected chi connectivity index (χ3v) is 5.34. The molecule has 1 saturated heterocycles. The van der Waals surface area contributed by atoms with Gasteiger partial charge in [0.2, 0.25) is 11.8 Å². The summed E-state index contributed by atoms with van der Waals surface area (Å²) in [6.45, 7) is 7.54. The molecule has 0 aromatic heterocycles. The number of nitrogens with zero attached hydrogens (tertiary/aromatic N) is 1. The molecule has 4 nitrogen and oxygen atoms in total. The van der Waals surface area contributed by atoms with Gasteiger partial charge in [0.1, 0.15) is 0 Å². The number of rotatable bonds is 4. The van der Waals surface area contributed by atoms with Crippen LogP contribution >= 0.6 is 11.8 Å². The van der Waals surface area contributed by atoms with Gasteiger partial charge in [-0.3, -0.25) is 9.59 Å². The first-order valence-electron chi connectivity index (χ1n) is 7.92. The second-order valence-electron chi connectivity index (χ2n) is 6.07. The summed E-state index contributed by atoms with van der Waals surface area (Å²) in [6.07, 6.45) is 3.47. The van der Waals surface area contributed by atoms with Crippen LogP contribution in [0.4, 0.5) is 5.69 Å². The fraction of sp³-hybridized carbons (Fsp3) is 0.444. The maximum atomic E-state index is 12.3. The van der Waals surface area contributed by atoms with Gasteiger partial charge in [0.15, 0.2) is 0 Å². The van der Waals surface area contributed by atoms with Gasteiger partial charge in [0, 0.05) is 42.8 Å². The molecule has 1 aromatic rings. The molecule has 1 heterocycles. The van der Waals surface area contributed by atoms with Crippen LogP contribution in [-0.2, 0) is 9.59 Å². The number of nitrogens with one attached hydrogen (secondary N) is 1. The van der Waals surface area contributed by atoms with E-state index in [2.05, 4.69) is 19.2 Å². The fourth-order valence-corrected chi connectivity index (χ4v) is 3.73. The average Bonchev–Trinajstić information content (AvgIpc) is 2.53. The van der Waals surface area contributed by atoms with Crippen molar-refractivity contribution in [3.63, 3.8) is 0 Å². The minimum atomic E-state index is -0.0915. The molecule has 5 heteroatoms. The maximum absolute atomic E-state index is 12.3. The lowest BCUT2D eigenvalue weighted by Gasteiger charge is -2.33. The lowest BCUT2D eigenvalue weighted by Crippen LogP contribution is -2.42. The van der Waals surface area contributed by atoms with E-state index in [9.17, 15) is 9.59 Å². The Bertz CT molecular complexity index is 581. The Hall–Kier alpha value is -1.75. The van der Waals surface area contributed by atoms with E-state index in [1.54, 1.807) is 6.08 Å². The molecular weight excluding hydrogens is 308 g/mol. The number of carbonyl (C=O) groups is 2. The van der Waals surface area contributed by atoms with Gasteiger partial charge in [0.05, 0.1) is 0 Å². The van der Waals surface area contributed by atoms with Gasteiger partial charge < -0.3 is 10.2 Å². The number of thioether (sulfide) groups is 1. The van der Waals surface area contributed by atoms with Crippen molar-refractivity contribution in [2.45, 2.75) is 26.0 Å². The van der Waals surface area contributed by atoms with Crippen LogP contribution in [0.1, 0.15) is 26.3 Å². The minimum absolute atomic E-state index is 0.0712. The molecule has 2 rings (SSSR count). The van der Waals surface area contributed by atoms with Crippen molar-refractivity contribution in [3.05, 3.63) is 35.9 Å². The van der Waals surface area contributed by atoms with Gasteiger partial charge in [-0.1, -0.05) is 26.0 Å². The van der Waals surface area contributed by atoms with Crippen LogP contribution in [0, 0.1) is 5.92 Å². The molecule has 1 N–H and O–H groups in total. The Labute approximate surface area is 142 Å². The van der Waals surface area contributed by atoms with Crippen molar-refractivity contribution in [3.8, 4) is 0 Å². The van der Waals surface area contributed by atoms with Crippen molar-refractivity contribution in [1.82, 2.24) is 4.90 Å². The topological polar surface area (TPSA) is 49.4 Å². The Balaban J connectivity index is 1.93. The van der Waals surface area contributed by atoms with Gasteiger partial charge in [-0.15, -0.1) is 0 Å². The Morgan fingerprint density at radius 2 is 2.00 bits per heavy atom. The zero-order chi connectivity index (χ0) is 16.8. The molecule has 0 aliphatic carbocycles.